The predicted octanol–water partition coefficient (Wildman–Crippen LogP) is 5.07. The van der Waals surface area contributed by atoms with Gasteiger partial charge in [-0.15, -0.1) is 0 Å². The number of benzene rings is 2. The van der Waals surface area contributed by atoms with Gasteiger partial charge in [0.25, 0.3) is 0 Å². The predicted molar refractivity (Wildman–Crippen MR) is 166 cm³/mol. The van der Waals surface area contributed by atoms with Crippen LogP contribution in [0, 0.1) is 17.1 Å². The van der Waals surface area contributed by atoms with E-state index in [4.69, 9.17) is 20.3 Å². The van der Waals surface area contributed by atoms with Gasteiger partial charge in [-0.2, -0.15) is 0 Å². The van der Waals surface area contributed by atoms with Crippen LogP contribution in [0.1, 0.15) is 32.7 Å². The average molecular weight is 658 g/mol. The summed E-state index contributed by atoms with van der Waals surface area (Å²) in [6.45, 7) is 6.58. The molecule has 0 aliphatic carbocycles. The molecule has 2 N–H and O–H groups in total. The topological polar surface area (TPSA) is 132 Å². The molecule has 2 aromatic carbocycles. The van der Waals surface area contributed by atoms with E-state index in [1.54, 1.807) is 33.8 Å². The summed E-state index contributed by atoms with van der Waals surface area (Å²) in [6, 6.07) is 15.6. The molecule has 0 spiro atoms. The molecular weight excluding hydrogens is 624 g/mol. The Hall–Kier alpha value is -4.26. The average Bonchev–Trinajstić information content (AvgIpc) is 3.39. The Bertz CT molecular complexity index is 1760. The number of anilines is 1. The molecule has 2 saturated heterocycles. The van der Waals surface area contributed by atoms with Crippen molar-refractivity contribution in [1.82, 2.24) is 24.6 Å². The van der Waals surface area contributed by atoms with E-state index >= 15 is 4.39 Å². The van der Waals surface area contributed by atoms with Gasteiger partial charge in [-0.1, -0.05) is 18.2 Å². The van der Waals surface area contributed by atoms with E-state index in [1.165, 1.54) is 12.4 Å². The number of amides is 1. The summed E-state index contributed by atoms with van der Waals surface area (Å²) >= 11 is -0.445. The van der Waals surface area contributed by atoms with Crippen LogP contribution in [0.2, 0.25) is 8.91 Å². The van der Waals surface area contributed by atoms with Crippen molar-refractivity contribution in [3.63, 3.8) is 0 Å². The minimum atomic E-state index is -0.531. The van der Waals surface area contributed by atoms with Crippen molar-refractivity contribution < 1.29 is 18.7 Å². The third kappa shape index (κ3) is 6.19. The first-order chi connectivity index (χ1) is 21.2. The standard InChI is InChI=1S/C32H33AsFN7O3/c1-32(2,33-21-17-43-18-21)14-20(15-35)31(42)40-12-6-7-22(16-40)41-30-27(29(36)37-19-38-30)28(39-41)25-11-10-24(13-26(25)34)44-23-8-4-3-5-9-23/h3-5,8-11,13-14,19,21-22,33H,6-7,12,16-18H2,1-2H3,(H2,36,37,38). The molecule has 2 aromatic heterocycles. The van der Waals surface area contributed by atoms with E-state index in [0.29, 0.717) is 52.4 Å². The van der Waals surface area contributed by atoms with E-state index < -0.39 is 21.6 Å². The number of hydrogen-bond donors (Lipinski definition) is 1. The molecule has 44 heavy (non-hydrogen) atoms. The molecule has 2 unspecified atom stereocenters. The molecule has 2 aliphatic heterocycles. The van der Waals surface area contributed by atoms with Gasteiger partial charge in [0.15, 0.2) is 0 Å². The molecule has 4 aromatic rings. The van der Waals surface area contributed by atoms with Crippen LogP contribution in [-0.2, 0) is 9.53 Å². The zero-order valence-corrected chi connectivity index (χ0v) is 26.6. The number of piperidine rings is 1. The van der Waals surface area contributed by atoms with E-state index in [2.05, 4.69) is 29.9 Å². The van der Waals surface area contributed by atoms with Crippen molar-refractivity contribution >= 4 is 38.5 Å². The van der Waals surface area contributed by atoms with Gasteiger partial charge in [0.05, 0.1) is 0 Å². The number of rotatable bonds is 8. The van der Waals surface area contributed by atoms with Crippen LogP contribution < -0.4 is 10.5 Å². The zero-order valence-electron chi connectivity index (χ0n) is 24.5. The summed E-state index contributed by atoms with van der Waals surface area (Å²) in [5.74, 6) is 0.307. The Morgan fingerprint density at radius 3 is 2.70 bits per heavy atom. The van der Waals surface area contributed by atoms with Gasteiger partial charge < -0.3 is 4.74 Å². The molecule has 10 nitrogen and oxygen atoms in total. The van der Waals surface area contributed by atoms with E-state index in [0.717, 1.165) is 19.6 Å². The summed E-state index contributed by atoms with van der Waals surface area (Å²) < 4.78 is 28.8. The molecule has 0 saturated carbocycles. The number of likely N-dealkylation sites (tertiary alicyclic amines) is 1. The quantitative estimate of drug-likeness (QED) is 0.158. The van der Waals surface area contributed by atoms with Crippen molar-refractivity contribution in [2.45, 2.75) is 41.6 Å². The second kappa shape index (κ2) is 12.4. The number of aromatic nitrogens is 4. The number of carbonyl (C=O) groups is 1. The Labute approximate surface area is 261 Å². The zero-order chi connectivity index (χ0) is 30.8. The van der Waals surface area contributed by atoms with Crippen LogP contribution in [-0.4, -0.2) is 72.6 Å². The molecule has 226 valence electrons. The second-order valence-electron chi connectivity index (χ2n) is 11.6. The van der Waals surface area contributed by atoms with Crippen molar-refractivity contribution in [3.8, 4) is 28.8 Å². The number of nitrogens with two attached hydrogens (primary N) is 1. The Kier molecular flexibility index (Phi) is 8.39. The van der Waals surface area contributed by atoms with E-state index in [-0.39, 0.29) is 33.1 Å². The molecule has 2 atom stereocenters. The van der Waals surface area contributed by atoms with Gasteiger partial charge in [0.2, 0.25) is 0 Å². The SMILES string of the molecule is CC(C)(C=C(C#N)C(=O)N1CCCC(n2nc(-c3ccc(Oc4ccccc4)cc3F)c3c(N)ncnc32)C1)[AsH]C1COC1. The fraction of sp³-hybridized carbons (Fsp3) is 0.344. The first kappa shape index (κ1) is 29.8. The van der Waals surface area contributed by atoms with Gasteiger partial charge in [0, 0.05) is 6.07 Å². The number of fused-ring (bicyclic) bond motifs is 1. The number of allylic oxidation sites excluding steroid dienone is 1. The van der Waals surface area contributed by atoms with Crippen molar-refractivity contribution in [2.24, 2.45) is 0 Å². The minimum absolute atomic E-state index is 0.164. The van der Waals surface area contributed by atoms with Crippen molar-refractivity contribution in [2.75, 3.05) is 32.0 Å². The Morgan fingerprint density at radius 1 is 1.20 bits per heavy atom. The molecule has 6 rings (SSSR count). The number of ether oxygens (including phenoxy) is 2. The van der Waals surface area contributed by atoms with Gasteiger partial charge in [-0.3, -0.25) is 0 Å². The molecule has 0 radical (unpaired) electrons. The molecule has 4 heterocycles. The van der Waals surface area contributed by atoms with Gasteiger partial charge in [0.1, 0.15) is 11.5 Å². The fourth-order valence-corrected chi connectivity index (χ4v) is 9.24. The molecule has 2 fully saturated rings. The van der Waals surface area contributed by atoms with Crippen LogP contribution in [0.5, 0.6) is 11.5 Å². The van der Waals surface area contributed by atoms with Gasteiger partial charge >= 0.3 is 199 Å². The molecule has 1 amide bonds. The normalized spacial score (nSPS) is 18.0. The maximum absolute atomic E-state index is 15.6. The van der Waals surface area contributed by atoms with Crippen LogP contribution in [0.3, 0.4) is 0 Å². The monoisotopic (exact) mass is 657 g/mol. The number of carbonyl (C=O) groups excluding carboxylic acids is 1. The van der Waals surface area contributed by atoms with E-state index in [9.17, 15) is 10.1 Å². The summed E-state index contributed by atoms with van der Waals surface area (Å²) in [7, 11) is 0. The number of para-hydroxylation sites is 1. The number of nitrogen functional groups attached to an aromatic ring is 1. The molecule has 0 bridgehead atoms. The number of hydrogen-bond acceptors (Lipinski definition) is 8. The summed E-state index contributed by atoms with van der Waals surface area (Å²) in [5.41, 5.74) is 7.47. The first-order valence-corrected chi connectivity index (χ1v) is 16.8. The van der Waals surface area contributed by atoms with Crippen LogP contribution >= 0.6 is 0 Å². The third-order valence-corrected chi connectivity index (χ3v) is 11.2. The summed E-state index contributed by atoms with van der Waals surface area (Å²) in [5, 5.41) is 15.2. The summed E-state index contributed by atoms with van der Waals surface area (Å²) in [4.78, 5) is 23.9. The summed E-state index contributed by atoms with van der Waals surface area (Å²) in [6.07, 6.45) is 4.64. The third-order valence-electron chi connectivity index (χ3n) is 7.79. The Morgan fingerprint density at radius 2 is 2.00 bits per heavy atom. The fourth-order valence-electron chi connectivity index (χ4n) is 5.71. The number of nitriles is 1. The van der Waals surface area contributed by atoms with Crippen LogP contribution in [0.25, 0.3) is 22.3 Å². The van der Waals surface area contributed by atoms with Crippen molar-refractivity contribution in [3.05, 3.63) is 72.3 Å². The second-order valence-corrected chi connectivity index (χ2v) is 16.6. The van der Waals surface area contributed by atoms with Crippen LogP contribution in [0.4, 0.5) is 10.2 Å². The van der Waals surface area contributed by atoms with Crippen LogP contribution in [0.15, 0.2) is 66.5 Å². The molecule has 2 aliphatic rings. The first-order valence-electron chi connectivity index (χ1n) is 14.5. The Balaban J connectivity index is 1.28. The number of halogens is 1. The van der Waals surface area contributed by atoms with E-state index in [1.807, 2.05) is 24.3 Å². The van der Waals surface area contributed by atoms with Crippen molar-refractivity contribution in [1.29, 1.82) is 5.26 Å². The molecule has 12 heteroatoms. The maximum atomic E-state index is 15.6. The molecular formula is C32H33AsFN7O3. The van der Waals surface area contributed by atoms with Gasteiger partial charge in [-0.05, 0) is 18.2 Å². The number of nitrogens with zero attached hydrogens (tertiary/aromatic N) is 6. The van der Waals surface area contributed by atoms with Gasteiger partial charge in [-0.25, -0.2) is 4.39 Å².